The van der Waals surface area contributed by atoms with E-state index in [4.69, 9.17) is 17.3 Å². The van der Waals surface area contributed by atoms with Crippen LogP contribution in [0.4, 0.5) is 13.6 Å². The van der Waals surface area contributed by atoms with Gasteiger partial charge in [-0.25, -0.2) is 13.6 Å². The second-order valence-corrected chi connectivity index (χ2v) is 8.73. The maximum atomic E-state index is 13.5. The van der Waals surface area contributed by atoms with E-state index in [-0.39, 0.29) is 23.4 Å². The lowest BCUT2D eigenvalue weighted by Crippen LogP contribution is -2.51. The topological polar surface area (TPSA) is 110 Å². The summed E-state index contributed by atoms with van der Waals surface area (Å²) in [6.07, 6.45) is -1.37. The number of halogens is 3. The van der Waals surface area contributed by atoms with Crippen molar-refractivity contribution >= 4 is 35.2 Å². The second kappa shape index (κ2) is 8.22. The molecule has 2 aliphatic rings. The van der Waals surface area contributed by atoms with Gasteiger partial charge in [0.15, 0.2) is 5.78 Å². The number of rotatable bonds is 5. The molecule has 3 N–H and O–H groups in total. The van der Waals surface area contributed by atoms with Crippen LogP contribution in [0.5, 0.6) is 0 Å². The standard InChI is InChI=1S/C23H20ClF2N3O4/c24-17-11-14(4-5-16(17)13-2-1-3-15(10-13)19(27)31)18(30)12-29-20(32)22(28-21(29)33)6-8-23(25,26)9-7-22/h1-5,10-11H,6-9,12H2,(H2,27,31)(H,28,33). The van der Waals surface area contributed by atoms with E-state index in [9.17, 15) is 28.0 Å². The summed E-state index contributed by atoms with van der Waals surface area (Å²) < 4.78 is 27.0. The minimum absolute atomic E-state index is 0.173. The van der Waals surface area contributed by atoms with Crippen LogP contribution in [-0.2, 0) is 4.79 Å². The van der Waals surface area contributed by atoms with Crippen LogP contribution in [0.25, 0.3) is 11.1 Å². The summed E-state index contributed by atoms with van der Waals surface area (Å²) in [4.78, 5) is 50.2. The lowest BCUT2D eigenvalue weighted by atomic mass is 9.80. The molecule has 0 aromatic heterocycles. The van der Waals surface area contributed by atoms with Crippen LogP contribution < -0.4 is 11.1 Å². The van der Waals surface area contributed by atoms with Crippen LogP contribution in [0.15, 0.2) is 42.5 Å². The minimum atomic E-state index is -2.87. The number of nitrogens with two attached hydrogens (primary N) is 1. The van der Waals surface area contributed by atoms with E-state index in [1.54, 1.807) is 30.3 Å². The van der Waals surface area contributed by atoms with Crippen LogP contribution in [0.3, 0.4) is 0 Å². The highest BCUT2D eigenvalue weighted by Crippen LogP contribution is 2.41. The smallest absolute Gasteiger partial charge is 0.325 e. The molecule has 0 unspecified atom stereocenters. The highest BCUT2D eigenvalue weighted by atomic mass is 35.5. The Hall–Kier alpha value is -3.33. The lowest BCUT2D eigenvalue weighted by molar-refractivity contribution is -0.135. The van der Waals surface area contributed by atoms with Gasteiger partial charge in [-0.2, -0.15) is 0 Å². The zero-order valence-electron chi connectivity index (χ0n) is 17.4. The van der Waals surface area contributed by atoms with Crippen molar-refractivity contribution < 1.29 is 28.0 Å². The van der Waals surface area contributed by atoms with Crippen molar-refractivity contribution in [3.05, 3.63) is 58.6 Å². The molecule has 2 aromatic rings. The number of amides is 4. The van der Waals surface area contributed by atoms with E-state index < -0.39 is 54.5 Å². The molecule has 1 saturated heterocycles. The number of nitrogens with one attached hydrogen (secondary N) is 1. The van der Waals surface area contributed by atoms with Gasteiger partial charge in [0.05, 0.1) is 6.54 Å². The maximum Gasteiger partial charge on any atom is 0.325 e. The highest BCUT2D eigenvalue weighted by molar-refractivity contribution is 6.33. The van der Waals surface area contributed by atoms with Crippen LogP contribution in [0, 0.1) is 0 Å². The van der Waals surface area contributed by atoms with Gasteiger partial charge in [0.1, 0.15) is 5.54 Å². The van der Waals surface area contributed by atoms with E-state index in [0.29, 0.717) is 16.7 Å². The predicted octanol–water partition coefficient (Wildman–Crippen LogP) is 3.79. The predicted molar refractivity (Wildman–Crippen MR) is 116 cm³/mol. The van der Waals surface area contributed by atoms with E-state index in [2.05, 4.69) is 5.32 Å². The first kappa shape index (κ1) is 22.8. The summed E-state index contributed by atoms with van der Waals surface area (Å²) in [5, 5.41) is 2.74. The molecule has 0 radical (unpaired) electrons. The number of imide groups is 1. The van der Waals surface area contributed by atoms with Gasteiger partial charge >= 0.3 is 6.03 Å². The Morgan fingerprint density at radius 2 is 1.73 bits per heavy atom. The molecule has 10 heteroatoms. The van der Waals surface area contributed by atoms with E-state index in [0.717, 1.165) is 4.90 Å². The summed E-state index contributed by atoms with van der Waals surface area (Å²) in [5.41, 5.74) is 5.59. The first-order chi connectivity index (χ1) is 15.5. The molecule has 1 aliphatic carbocycles. The summed E-state index contributed by atoms with van der Waals surface area (Å²) in [7, 11) is 0. The number of alkyl halides is 2. The van der Waals surface area contributed by atoms with Gasteiger partial charge in [0, 0.05) is 34.6 Å². The third-order valence-electron chi connectivity index (χ3n) is 6.13. The van der Waals surface area contributed by atoms with Crippen molar-refractivity contribution in [2.75, 3.05) is 6.54 Å². The van der Waals surface area contributed by atoms with Gasteiger partial charge in [-0.15, -0.1) is 0 Å². The Kier molecular flexibility index (Phi) is 5.69. The number of hydrogen-bond donors (Lipinski definition) is 2. The summed E-state index contributed by atoms with van der Waals surface area (Å²) in [6.45, 7) is -0.532. The Balaban J connectivity index is 1.51. The number of urea groups is 1. The largest absolute Gasteiger partial charge is 0.366 e. The summed E-state index contributed by atoms with van der Waals surface area (Å²) >= 11 is 6.36. The molecule has 4 amide bonds. The quantitative estimate of drug-likeness (QED) is 0.506. The molecular weight excluding hydrogens is 456 g/mol. The molecule has 0 atom stereocenters. The number of ketones is 1. The number of benzene rings is 2. The Morgan fingerprint density at radius 3 is 2.36 bits per heavy atom. The second-order valence-electron chi connectivity index (χ2n) is 8.32. The van der Waals surface area contributed by atoms with E-state index >= 15 is 0 Å². The molecule has 172 valence electrons. The lowest BCUT2D eigenvalue weighted by Gasteiger charge is -2.34. The van der Waals surface area contributed by atoms with Gasteiger partial charge in [0.25, 0.3) is 5.91 Å². The first-order valence-corrected chi connectivity index (χ1v) is 10.6. The Morgan fingerprint density at radius 1 is 1.03 bits per heavy atom. The third kappa shape index (κ3) is 4.32. The van der Waals surface area contributed by atoms with Crippen molar-refractivity contribution in [1.29, 1.82) is 0 Å². The third-order valence-corrected chi connectivity index (χ3v) is 6.44. The van der Waals surface area contributed by atoms with Gasteiger partial charge in [-0.1, -0.05) is 35.9 Å². The first-order valence-electron chi connectivity index (χ1n) is 10.3. The number of hydrogen-bond acceptors (Lipinski definition) is 4. The fraction of sp³-hybridized carbons (Fsp3) is 0.304. The van der Waals surface area contributed by atoms with E-state index in [1.165, 1.54) is 12.1 Å². The molecule has 1 aliphatic heterocycles. The molecule has 33 heavy (non-hydrogen) atoms. The monoisotopic (exact) mass is 475 g/mol. The highest BCUT2D eigenvalue weighted by Gasteiger charge is 2.55. The average molecular weight is 476 g/mol. The molecule has 7 nitrogen and oxygen atoms in total. The molecule has 2 fully saturated rings. The van der Waals surface area contributed by atoms with Crippen molar-refractivity contribution in [1.82, 2.24) is 10.2 Å². The Labute approximate surface area is 192 Å². The Bertz CT molecular complexity index is 1170. The summed E-state index contributed by atoms with van der Waals surface area (Å²) in [6, 6.07) is 10.2. The van der Waals surface area contributed by atoms with Crippen molar-refractivity contribution in [2.24, 2.45) is 5.73 Å². The SMILES string of the molecule is NC(=O)c1cccc(-c2ccc(C(=O)CN3C(=O)NC4(CCC(F)(F)CC4)C3=O)cc2Cl)c1. The molecular formula is C23H20ClF2N3O4. The normalized spacial score (nSPS) is 18.9. The van der Waals surface area contributed by atoms with Gasteiger partial charge < -0.3 is 11.1 Å². The molecule has 1 heterocycles. The van der Waals surface area contributed by atoms with E-state index in [1.807, 2.05) is 0 Å². The van der Waals surface area contributed by atoms with Crippen molar-refractivity contribution in [2.45, 2.75) is 37.1 Å². The molecule has 0 bridgehead atoms. The van der Waals surface area contributed by atoms with Gasteiger partial charge in [0.2, 0.25) is 11.8 Å². The fourth-order valence-corrected chi connectivity index (χ4v) is 4.49. The molecule has 1 spiro atoms. The fourth-order valence-electron chi connectivity index (χ4n) is 4.20. The number of nitrogens with zero attached hydrogens (tertiary/aromatic N) is 1. The molecule has 1 saturated carbocycles. The maximum absolute atomic E-state index is 13.5. The van der Waals surface area contributed by atoms with Crippen LogP contribution in [0.2, 0.25) is 5.02 Å². The van der Waals surface area contributed by atoms with Crippen LogP contribution >= 0.6 is 11.6 Å². The number of Topliss-reactive ketones (excluding diaryl/α,β-unsaturated/α-hetero) is 1. The summed E-state index contributed by atoms with van der Waals surface area (Å²) in [5.74, 6) is -4.65. The van der Waals surface area contributed by atoms with Crippen LogP contribution in [0.1, 0.15) is 46.4 Å². The number of primary amides is 1. The number of carbonyl (C=O) groups excluding carboxylic acids is 4. The van der Waals surface area contributed by atoms with Crippen LogP contribution in [-0.4, -0.2) is 46.5 Å². The van der Waals surface area contributed by atoms with Gasteiger partial charge in [-0.05, 0) is 36.6 Å². The average Bonchev–Trinajstić information content (AvgIpc) is 3.00. The zero-order valence-corrected chi connectivity index (χ0v) is 18.1. The molecule has 4 rings (SSSR count). The molecule has 2 aromatic carbocycles. The van der Waals surface area contributed by atoms with Gasteiger partial charge in [-0.3, -0.25) is 19.3 Å². The van der Waals surface area contributed by atoms with Crippen molar-refractivity contribution in [3.8, 4) is 11.1 Å². The zero-order chi connectivity index (χ0) is 24.0. The van der Waals surface area contributed by atoms with Crippen molar-refractivity contribution in [3.63, 3.8) is 0 Å². The minimum Gasteiger partial charge on any atom is -0.366 e. The number of carbonyl (C=O) groups is 4.